The minimum Gasteiger partial charge on any atom is -0.491 e. The van der Waals surface area contributed by atoms with E-state index in [-0.39, 0.29) is 25.0 Å². The molecule has 2 unspecified atom stereocenters. The number of amides is 2. The molecule has 0 spiro atoms. The average Bonchev–Trinajstić information content (AvgIpc) is 2.56. The number of carbonyl (C=O) groups excluding carboxylic acids is 2. The molecule has 1 heterocycles. The highest BCUT2D eigenvalue weighted by Crippen LogP contribution is 2.23. The first kappa shape index (κ1) is 17.3. The SMILES string of the molecule is CCCCCC(O)c1cccc(OCC2NC(=O)CNC2=O)c1. The molecule has 1 aliphatic rings. The maximum atomic E-state index is 11.6. The minimum absolute atomic E-state index is 0.00870. The Morgan fingerprint density at radius 2 is 2.17 bits per heavy atom. The van der Waals surface area contributed by atoms with Crippen LogP contribution in [0, 0.1) is 0 Å². The summed E-state index contributed by atoms with van der Waals surface area (Å²) < 4.78 is 5.59. The van der Waals surface area contributed by atoms with E-state index in [1.54, 1.807) is 12.1 Å². The van der Waals surface area contributed by atoms with E-state index in [1.807, 2.05) is 12.1 Å². The molecule has 1 saturated heterocycles. The van der Waals surface area contributed by atoms with Gasteiger partial charge in [0.15, 0.2) is 0 Å². The molecule has 0 saturated carbocycles. The van der Waals surface area contributed by atoms with E-state index in [0.717, 1.165) is 31.2 Å². The lowest BCUT2D eigenvalue weighted by atomic mass is 10.0. The van der Waals surface area contributed by atoms with Crippen LogP contribution in [0.4, 0.5) is 0 Å². The second kappa shape index (κ2) is 8.53. The molecule has 23 heavy (non-hydrogen) atoms. The highest BCUT2D eigenvalue weighted by Gasteiger charge is 2.26. The molecule has 3 N–H and O–H groups in total. The summed E-state index contributed by atoms with van der Waals surface area (Å²) in [5.41, 5.74) is 0.802. The van der Waals surface area contributed by atoms with Crippen molar-refractivity contribution >= 4 is 11.8 Å². The lowest BCUT2D eigenvalue weighted by molar-refractivity contribution is -0.134. The van der Waals surface area contributed by atoms with Crippen molar-refractivity contribution in [3.63, 3.8) is 0 Å². The van der Waals surface area contributed by atoms with Gasteiger partial charge in [-0.2, -0.15) is 0 Å². The summed E-state index contributed by atoms with van der Waals surface area (Å²) in [4.78, 5) is 22.9. The molecular formula is C17H24N2O4. The summed E-state index contributed by atoms with van der Waals surface area (Å²) >= 11 is 0. The summed E-state index contributed by atoms with van der Waals surface area (Å²) in [7, 11) is 0. The van der Waals surface area contributed by atoms with Crippen LogP contribution >= 0.6 is 0 Å². The van der Waals surface area contributed by atoms with Crippen molar-refractivity contribution in [1.29, 1.82) is 0 Å². The standard InChI is InChI=1S/C17H24N2O4/c1-2-3-4-8-15(20)12-6-5-7-13(9-12)23-11-14-17(22)18-10-16(21)19-14/h5-7,9,14-15,20H,2-4,8,10-11H2,1H3,(H,18,22)(H,19,21). The molecule has 6 nitrogen and oxygen atoms in total. The maximum absolute atomic E-state index is 11.6. The average molecular weight is 320 g/mol. The number of rotatable bonds is 8. The van der Waals surface area contributed by atoms with E-state index in [4.69, 9.17) is 4.74 Å². The van der Waals surface area contributed by atoms with Crippen molar-refractivity contribution in [3.05, 3.63) is 29.8 Å². The van der Waals surface area contributed by atoms with E-state index < -0.39 is 12.1 Å². The number of benzene rings is 1. The van der Waals surface area contributed by atoms with Crippen LogP contribution in [0.2, 0.25) is 0 Å². The van der Waals surface area contributed by atoms with Crippen molar-refractivity contribution in [2.24, 2.45) is 0 Å². The number of carbonyl (C=O) groups is 2. The number of piperazine rings is 1. The third kappa shape index (κ3) is 5.25. The zero-order valence-electron chi connectivity index (χ0n) is 13.4. The van der Waals surface area contributed by atoms with Gasteiger partial charge < -0.3 is 20.5 Å². The van der Waals surface area contributed by atoms with Crippen LogP contribution in [-0.2, 0) is 9.59 Å². The minimum atomic E-state index is -0.686. The van der Waals surface area contributed by atoms with Crippen molar-refractivity contribution in [1.82, 2.24) is 10.6 Å². The van der Waals surface area contributed by atoms with Gasteiger partial charge in [-0.15, -0.1) is 0 Å². The molecular weight excluding hydrogens is 296 g/mol. The smallest absolute Gasteiger partial charge is 0.246 e. The molecule has 6 heteroatoms. The first-order valence-electron chi connectivity index (χ1n) is 8.08. The molecule has 2 atom stereocenters. The number of hydrogen-bond donors (Lipinski definition) is 3. The molecule has 0 aromatic heterocycles. The van der Waals surface area contributed by atoms with E-state index in [1.165, 1.54) is 0 Å². The van der Waals surface area contributed by atoms with Crippen molar-refractivity contribution in [2.75, 3.05) is 13.2 Å². The first-order chi connectivity index (χ1) is 11.1. The molecule has 2 amide bonds. The summed E-state index contributed by atoms with van der Waals surface area (Å²) in [6.45, 7) is 2.20. The Kier molecular flexibility index (Phi) is 6.40. The zero-order valence-corrected chi connectivity index (χ0v) is 13.4. The second-order valence-corrected chi connectivity index (χ2v) is 5.73. The van der Waals surface area contributed by atoms with E-state index in [9.17, 15) is 14.7 Å². The topological polar surface area (TPSA) is 87.7 Å². The van der Waals surface area contributed by atoms with Crippen LogP contribution in [-0.4, -0.2) is 36.1 Å². The maximum Gasteiger partial charge on any atom is 0.246 e. The Balaban J connectivity index is 1.89. The lowest BCUT2D eigenvalue weighted by Gasteiger charge is -2.23. The molecule has 1 aliphatic heterocycles. The quantitative estimate of drug-likeness (QED) is 0.630. The van der Waals surface area contributed by atoms with Crippen molar-refractivity contribution < 1.29 is 19.4 Å². The van der Waals surface area contributed by atoms with Gasteiger partial charge >= 0.3 is 0 Å². The van der Waals surface area contributed by atoms with Gasteiger partial charge in [0.25, 0.3) is 0 Å². The Morgan fingerprint density at radius 1 is 1.35 bits per heavy atom. The van der Waals surface area contributed by atoms with Crippen molar-refractivity contribution in [3.8, 4) is 5.75 Å². The third-order valence-corrected chi connectivity index (χ3v) is 3.82. The van der Waals surface area contributed by atoms with Crippen LogP contribution in [0.15, 0.2) is 24.3 Å². The van der Waals surface area contributed by atoms with Gasteiger partial charge in [0.1, 0.15) is 18.4 Å². The Bertz CT molecular complexity index is 547. The predicted molar refractivity (Wildman–Crippen MR) is 86.0 cm³/mol. The largest absolute Gasteiger partial charge is 0.491 e. The number of aliphatic hydroxyl groups is 1. The molecule has 2 rings (SSSR count). The number of nitrogens with one attached hydrogen (secondary N) is 2. The van der Waals surface area contributed by atoms with Crippen LogP contribution in [0.5, 0.6) is 5.75 Å². The van der Waals surface area contributed by atoms with Crippen LogP contribution < -0.4 is 15.4 Å². The fourth-order valence-corrected chi connectivity index (χ4v) is 2.46. The van der Waals surface area contributed by atoms with Gasteiger partial charge in [0.05, 0.1) is 12.6 Å². The number of aliphatic hydroxyl groups excluding tert-OH is 1. The monoisotopic (exact) mass is 320 g/mol. The first-order valence-corrected chi connectivity index (χ1v) is 8.08. The Morgan fingerprint density at radius 3 is 2.96 bits per heavy atom. The van der Waals surface area contributed by atoms with Crippen LogP contribution in [0.1, 0.15) is 44.3 Å². The molecule has 0 bridgehead atoms. The molecule has 0 aliphatic carbocycles. The molecule has 0 radical (unpaired) electrons. The van der Waals surface area contributed by atoms with Gasteiger partial charge in [0.2, 0.25) is 11.8 Å². The van der Waals surface area contributed by atoms with Gasteiger partial charge in [-0.25, -0.2) is 0 Å². The fourth-order valence-electron chi connectivity index (χ4n) is 2.46. The van der Waals surface area contributed by atoms with E-state index in [0.29, 0.717) is 5.75 Å². The van der Waals surface area contributed by atoms with Gasteiger partial charge in [-0.05, 0) is 24.1 Å². The summed E-state index contributed by atoms with van der Waals surface area (Å²) in [6.07, 6.45) is 3.41. The normalized spacial score (nSPS) is 19.0. The van der Waals surface area contributed by atoms with Gasteiger partial charge in [0, 0.05) is 0 Å². The Hall–Kier alpha value is -2.08. The summed E-state index contributed by atoms with van der Waals surface area (Å²) in [5, 5.41) is 15.3. The molecule has 1 aromatic carbocycles. The fraction of sp³-hybridized carbons (Fsp3) is 0.529. The third-order valence-electron chi connectivity index (χ3n) is 3.82. The second-order valence-electron chi connectivity index (χ2n) is 5.73. The number of hydrogen-bond acceptors (Lipinski definition) is 4. The zero-order chi connectivity index (χ0) is 16.7. The molecule has 126 valence electrons. The number of unbranched alkanes of at least 4 members (excludes halogenated alkanes) is 2. The summed E-state index contributed by atoms with van der Waals surface area (Å²) in [6, 6.07) is 6.53. The van der Waals surface area contributed by atoms with Gasteiger partial charge in [-0.1, -0.05) is 38.3 Å². The lowest BCUT2D eigenvalue weighted by Crippen LogP contribution is -2.58. The molecule has 1 aromatic rings. The van der Waals surface area contributed by atoms with Crippen molar-refractivity contribution in [2.45, 2.75) is 44.8 Å². The van der Waals surface area contributed by atoms with Crippen LogP contribution in [0.3, 0.4) is 0 Å². The van der Waals surface area contributed by atoms with E-state index in [2.05, 4.69) is 17.6 Å². The Labute approximate surface area is 136 Å². The predicted octanol–water partition coefficient (Wildman–Crippen LogP) is 1.29. The van der Waals surface area contributed by atoms with Crippen LogP contribution in [0.25, 0.3) is 0 Å². The highest BCUT2D eigenvalue weighted by atomic mass is 16.5. The summed E-state index contributed by atoms with van der Waals surface area (Å²) in [5.74, 6) is 0.100. The highest BCUT2D eigenvalue weighted by molar-refractivity contribution is 5.94. The van der Waals surface area contributed by atoms with E-state index >= 15 is 0 Å². The van der Waals surface area contributed by atoms with Gasteiger partial charge in [-0.3, -0.25) is 9.59 Å². The number of ether oxygens (including phenoxy) is 1. The molecule has 1 fully saturated rings.